The first-order valence-corrected chi connectivity index (χ1v) is 7.45. The summed E-state index contributed by atoms with van der Waals surface area (Å²) in [5.41, 5.74) is 2.50. The van der Waals surface area contributed by atoms with Crippen LogP contribution in [0.2, 0.25) is 0 Å². The first-order valence-electron chi connectivity index (χ1n) is 7.45. The Morgan fingerprint density at radius 3 is 2.33 bits per heavy atom. The summed E-state index contributed by atoms with van der Waals surface area (Å²) in [6, 6.07) is 5.96. The van der Waals surface area contributed by atoms with E-state index in [9.17, 15) is 0 Å². The molecule has 0 aliphatic rings. The first kappa shape index (κ1) is 17.6. The lowest BCUT2D eigenvalue weighted by Crippen LogP contribution is -2.37. The van der Waals surface area contributed by atoms with Gasteiger partial charge in [-0.15, -0.1) is 0 Å². The lowest BCUT2D eigenvalue weighted by atomic mass is 9.98. The number of rotatable bonds is 6. The fraction of sp³-hybridized carbons (Fsp3) is 0.556. The third-order valence-corrected chi connectivity index (χ3v) is 3.34. The van der Waals surface area contributed by atoms with E-state index in [2.05, 4.69) is 52.1 Å². The van der Waals surface area contributed by atoms with E-state index >= 15 is 0 Å². The molecule has 0 saturated carbocycles. The number of hydrogen-bond donors (Lipinski definition) is 1. The van der Waals surface area contributed by atoms with Crippen molar-refractivity contribution in [3.8, 4) is 11.5 Å². The number of nitrogens with one attached hydrogen (secondary N) is 1. The highest BCUT2D eigenvalue weighted by Gasteiger charge is 2.13. The zero-order valence-electron chi connectivity index (χ0n) is 14.4. The van der Waals surface area contributed by atoms with Crippen LogP contribution in [0.25, 0.3) is 6.08 Å². The molecule has 3 nitrogen and oxygen atoms in total. The van der Waals surface area contributed by atoms with Crippen molar-refractivity contribution < 1.29 is 9.47 Å². The predicted octanol–water partition coefficient (Wildman–Crippen LogP) is 4.13. The van der Waals surface area contributed by atoms with E-state index in [-0.39, 0.29) is 5.54 Å². The van der Waals surface area contributed by atoms with E-state index in [1.165, 1.54) is 5.57 Å². The molecule has 0 fully saturated rings. The SMILES string of the molecule is COc1cccc(C=C(CNC(C)(C)C)C(C)C)c1OC. The van der Waals surface area contributed by atoms with Gasteiger partial charge in [-0.3, -0.25) is 0 Å². The van der Waals surface area contributed by atoms with Gasteiger partial charge in [0, 0.05) is 17.6 Å². The van der Waals surface area contributed by atoms with Crippen molar-refractivity contribution in [3.63, 3.8) is 0 Å². The minimum atomic E-state index is 0.104. The van der Waals surface area contributed by atoms with Crippen molar-refractivity contribution in [1.82, 2.24) is 5.32 Å². The zero-order chi connectivity index (χ0) is 16.0. The number of benzene rings is 1. The smallest absolute Gasteiger partial charge is 0.167 e. The van der Waals surface area contributed by atoms with Crippen molar-refractivity contribution in [3.05, 3.63) is 29.3 Å². The molecule has 0 amide bonds. The molecule has 0 atom stereocenters. The summed E-state index contributed by atoms with van der Waals surface area (Å²) in [4.78, 5) is 0. The number of hydrogen-bond acceptors (Lipinski definition) is 3. The van der Waals surface area contributed by atoms with Crippen LogP contribution in [0, 0.1) is 5.92 Å². The summed E-state index contributed by atoms with van der Waals surface area (Å²) >= 11 is 0. The topological polar surface area (TPSA) is 30.5 Å². The average molecular weight is 291 g/mol. The van der Waals surface area contributed by atoms with Crippen LogP contribution in [-0.2, 0) is 0 Å². The highest BCUT2D eigenvalue weighted by molar-refractivity contribution is 5.64. The molecule has 0 spiro atoms. The molecule has 1 rings (SSSR count). The molecule has 3 heteroatoms. The van der Waals surface area contributed by atoms with Gasteiger partial charge in [0.25, 0.3) is 0 Å². The number of ether oxygens (including phenoxy) is 2. The van der Waals surface area contributed by atoms with E-state index in [1.54, 1.807) is 14.2 Å². The molecule has 0 aliphatic heterocycles. The van der Waals surface area contributed by atoms with Crippen molar-refractivity contribution >= 4 is 6.08 Å². The maximum absolute atomic E-state index is 5.50. The van der Waals surface area contributed by atoms with Crippen LogP contribution in [0.5, 0.6) is 11.5 Å². The molecule has 1 aromatic carbocycles. The van der Waals surface area contributed by atoms with Crippen LogP contribution in [0.1, 0.15) is 40.2 Å². The summed E-state index contributed by atoms with van der Waals surface area (Å²) in [6.45, 7) is 11.8. The van der Waals surface area contributed by atoms with Gasteiger partial charge < -0.3 is 14.8 Å². The van der Waals surface area contributed by atoms with Crippen LogP contribution in [-0.4, -0.2) is 26.3 Å². The van der Waals surface area contributed by atoms with Crippen molar-refractivity contribution in [1.29, 1.82) is 0 Å². The second kappa shape index (κ2) is 7.51. The van der Waals surface area contributed by atoms with Crippen LogP contribution in [0.15, 0.2) is 23.8 Å². The summed E-state index contributed by atoms with van der Waals surface area (Å²) in [6.07, 6.45) is 2.20. The monoisotopic (exact) mass is 291 g/mol. The van der Waals surface area contributed by atoms with Gasteiger partial charge in [-0.1, -0.05) is 37.6 Å². The van der Waals surface area contributed by atoms with E-state index in [0.717, 1.165) is 23.6 Å². The molecule has 21 heavy (non-hydrogen) atoms. The lowest BCUT2D eigenvalue weighted by Gasteiger charge is -2.23. The van der Waals surface area contributed by atoms with Crippen molar-refractivity contribution in [2.75, 3.05) is 20.8 Å². The van der Waals surface area contributed by atoms with E-state index < -0.39 is 0 Å². The van der Waals surface area contributed by atoms with Gasteiger partial charge in [-0.2, -0.15) is 0 Å². The largest absolute Gasteiger partial charge is 0.493 e. The normalized spacial score (nSPS) is 12.7. The molecule has 0 aromatic heterocycles. The highest BCUT2D eigenvalue weighted by Crippen LogP contribution is 2.32. The first-order chi connectivity index (χ1) is 9.78. The second-order valence-electron chi connectivity index (χ2n) is 6.56. The predicted molar refractivity (Wildman–Crippen MR) is 90.1 cm³/mol. The standard InChI is InChI=1S/C18H29NO2/c1-13(2)15(12-19-18(3,4)5)11-14-9-8-10-16(20-6)17(14)21-7/h8-11,13,19H,12H2,1-7H3. The third kappa shape index (κ3) is 5.43. The van der Waals surface area contributed by atoms with Gasteiger partial charge in [0.2, 0.25) is 0 Å². The van der Waals surface area contributed by atoms with Crippen LogP contribution >= 0.6 is 0 Å². The fourth-order valence-electron chi connectivity index (χ4n) is 2.01. The van der Waals surface area contributed by atoms with Crippen molar-refractivity contribution in [2.45, 2.75) is 40.2 Å². The van der Waals surface area contributed by atoms with Crippen molar-refractivity contribution in [2.24, 2.45) is 5.92 Å². The molecule has 1 N–H and O–H groups in total. The molecule has 0 heterocycles. The van der Waals surface area contributed by atoms with Gasteiger partial charge in [0.05, 0.1) is 14.2 Å². The number of methoxy groups -OCH3 is 2. The average Bonchev–Trinajstić information content (AvgIpc) is 2.41. The van der Waals surface area contributed by atoms with Crippen LogP contribution in [0.3, 0.4) is 0 Å². The Balaban J connectivity index is 3.11. The second-order valence-corrected chi connectivity index (χ2v) is 6.56. The summed E-state index contributed by atoms with van der Waals surface area (Å²) in [5, 5.41) is 3.55. The summed E-state index contributed by atoms with van der Waals surface area (Å²) in [5.74, 6) is 2.02. The summed E-state index contributed by atoms with van der Waals surface area (Å²) in [7, 11) is 3.34. The lowest BCUT2D eigenvalue weighted by molar-refractivity contribution is 0.354. The Bertz CT molecular complexity index is 484. The molecule has 118 valence electrons. The Hall–Kier alpha value is -1.48. The van der Waals surface area contributed by atoms with Gasteiger partial charge in [0.1, 0.15) is 0 Å². The molecule has 1 aromatic rings. The molecule has 0 radical (unpaired) electrons. The molecule has 0 aliphatic carbocycles. The van der Waals surface area contributed by atoms with Gasteiger partial charge in [-0.05, 0) is 32.8 Å². The fourth-order valence-corrected chi connectivity index (χ4v) is 2.01. The minimum absolute atomic E-state index is 0.104. The van der Waals surface area contributed by atoms with E-state index in [4.69, 9.17) is 9.47 Å². The highest BCUT2D eigenvalue weighted by atomic mass is 16.5. The zero-order valence-corrected chi connectivity index (χ0v) is 14.4. The maximum atomic E-state index is 5.50. The third-order valence-electron chi connectivity index (χ3n) is 3.34. The van der Waals surface area contributed by atoms with Crippen LogP contribution < -0.4 is 14.8 Å². The maximum Gasteiger partial charge on any atom is 0.167 e. The molecule has 0 unspecified atom stereocenters. The Morgan fingerprint density at radius 1 is 1.19 bits per heavy atom. The Labute approximate surface area is 129 Å². The van der Waals surface area contributed by atoms with E-state index in [0.29, 0.717) is 5.92 Å². The van der Waals surface area contributed by atoms with Gasteiger partial charge in [-0.25, -0.2) is 0 Å². The van der Waals surface area contributed by atoms with Gasteiger partial charge >= 0.3 is 0 Å². The number of para-hydroxylation sites is 1. The molecule has 0 saturated heterocycles. The minimum Gasteiger partial charge on any atom is -0.493 e. The Kier molecular flexibility index (Phi) is 6.28. The molecular formula is C18H29NO2. The van der Waals surface area contributed by atoms with Gasteiger partial charge in [0.15, 0.2) is 11.5 Å². The van der Waals surface area contributed by atoms with Crippen LogP contribution in [0.4, 0.5) is 0 Å². The molecular weight excluding hydrogens is 262 g/mol. The molecule has 0 bridgehead atoms. The Morgan fingerprint density at radius 2 is 1.86 bits per heavy atom. The summed E-state index contributed by atoms with van der Waals surface area (Å²) < 4.78 is 10.9. The van der Waals surface area contributed by atoms with E-state index in [1.807, 2.05) is 12.1 Å². The quantitative estimate of drug-likeness (QED) is 0.855.